The number of benzene rings is 3. The van der Waals surface area contributed by atoms with E-state index in [4.69, 9.17) is 9.98 Å². The van der Waals surface area contributed by atoms with Gasteiger partial charge in [0.25, 0.3) is 0 Å². The summed E-state index contributed by atoms with van der Waals surface area (Å²) in [6, 6.07) is 8.59. The van der Waals surface area contributed by atoms with E-state index in [-0.39, 0.29) is 22.6 Å². The van der Waals surface area contributed by atoms with Crippen LogP contribution in [0.1, 0.15) is 12.8 Å². The number of rotatable bonds is 0. The molecule has 1 spiro atoms. The van der Waals surface area contributed by atoms with Crippen molar-refractivity contribution in [1.29, 1.82) is 0 Å². The van der Waals surface area contributed by atoms with Crippen LogP contribution in [0.3, 0.4) is 0 Å². The molecule has 1 saturated heterocycles. The molecule has 1 fully saturated rings. The zero-order valence-electron chi connectivity index (χ0n) is 14.4. The van der Waals surface area contributed by atoms with Gasteiger partial charge in [-0.1, -0.05) is 24.3 Å². The van der Waals surface area contributed by atoms with Crippen molar-refractivity contribution in [2.75, 3.05) is 20.1 Å². The first-order chi connectivity index (χ1) is 12.5. The maximum atomic E-state index is 10.9. The van der Waals surface area contributed by atoms with Crippen molar-refractivity contribution in [3.63, 3.8) is 0 Å². The van der Waals surface area contributed by atoms with Crippen LogP contribution in [0, 0.1) is 0 Å². The Balaban J connectivity index is 1.91. The first kappa shape index (κ1) is 15.4. The average Bonchev–Trinajstić information content (AvgIpc) is 2.99. The molecule has 3 aromatic carbocycles. The highest BCUT2D eigenvalue weighted by molar-refractivity contribution is 6.12. The van der Waals surface area contributed by atoms with Gasteiger partial charge in [0.1, 0.15) is 17.2 Å². The van der Waals surface area contributed by atoms with Crippen LogP contribution in [0.2, 0.25) is 0 Å². The third kappa shape index (κ3) is 1.96. The number of hydrogen-bond donors (Lipinski definition) is 3. The van der Waals surface area contributed by atoms with E-state index in [1.54, 1.807) is 30.3 Å². The summed E-state index contributed by atoms with van der Waals surface area (Å²) in [5.41, 5.74) is -0.538. The van der Waals surface area contributed by atoms with Crippen LogP contribution in [-0.2, 0) is 0 Å². The van der Waals surface area contributed by atoms with Crippen LogP contribution < -0.4 is 10.7 Å². The van der Waals surface area contributed by atoms with E-state index in [0.717, 1.165) is 25.9 Å². The van der Waals surface area contributed by atoms with Crippen molar-refractivity contribution in [3.05, 3.63) is 41.0 Å². The molecule has 2 aliphatic rings. The third-order valence-corrected chi connectivity index (χ3v) is 5.61. The molecule has 132 valence electrons. The molecule has 5 rings (SSSR count). The molecule has 26 heavy (non-hydrogen) atoms. The molecule has 6 heteroatoms. The Morgan fingerprint density at radius 3 is 2.19 bits per heavy atom. The van der Waals surface area contributed by atoms with Crippen LogP contribution in [0.5, 0.6) is 17.2 Å². The molecule has 0 aliphatic carbocycles. The van der Waals surface area contributed by atoms with Gasteiger partial charge in [-0.15, -0.1) is 0 Å². The Bertz CT molecular complexity index is 1190. The summed E-state index contributed by atoms with van der Waals surface area (Å²) in [6.07, 6.45) is 1.58. The van der Waals surface area contributed by atoms with Gasteiger partial charge >= 0.3 is 0 Å². The highest BCUT2D eigenvalue weighted by Crippen LogP contribution is 2.43. The largest absolute Gasteiger partial charge is 0.507 e. The highest BCUT2D eigenvalue weighted by atomic mass is 16.3. The van der Waals surface area contributed by atoms with Crippen LogP contribution in [0.25, 0.3) is 21.5 Å². The van der Waals surface area contributed by atoms with Gasteiger partial charge in [-0.3, -0.25) is 9.98 Å². The highest BCUT2D eigenvalue weighted by Gasteiger charge is 2.35. The summed E-state index contributed by atoms with van der Waals surface area (Å²) < 4.78 is 0. The number of likely N-dealkylation sites (tertiary alicyclic amines) is 1. The quantitative estimate of drug-likeness (QED) is 0.426. The van der Waals surface area contributed by atoms with E-state index in [0.29, 0.717) is 26.9 Å². The summed E-state index contributed by atoms with van der Waals surface area (Å²) in [4.78, 5) is 11.9. The van der Waals surface area contributed by atoms with E-state index in [9.17, 15) is 15.3 Å². The first-order valence-electron chi connectivity index (χ1n) is 8.76. The minimum absolute atomic E-state index is 0.0180. The number of phenols is 3. The van der Waals surface area contributed by atoms with Crippen molar-refractivity contribution in [1.82, 2.24) is 4.90 Å². The summed E-state index contributed by atoms with van der Waals surface area (Å²) in [5.74, 6) is -0.126. The van der Waals surface area contributed by atoms with Crippen LogP contribution in [0.4, 0.5) is 0 Å². The fraction of sp³-hybridized carbons (Fsp3) is 0.300. The number of fused-ring (bicyclic) bond motifs is 4. The molecule has 0 atom stereocenters. The zero-order valence-corrected chi connectivity index (χ0v) is 14.4. The van der Waals surface area contributed by atoms with E-state index in [2.05, 4.69) is 11.9 Å². The molecule has 2 aliphatic heterocycles. The lowest BCUT2D eigenvalue weighted by Crippen LogP contribution is -2.39. The average molecular weight is 349 g/mol. The lowest BCUT2D eigenvalue weighted by atomic mass is 9.98. The Kier molecular flexibility index (Phi) is 3.01. The van der Waals surface area contributed by atoms with Gasteiger partial charge in [0.15, 0.2) is 5.66 Å². The van der Waals surface area contributed by atoms with E-state index in [1.807, 2.05) is 0 Å². The molecule has 6 nitrogen and oxygen atoms in total. The van der Waals surface area contributed by atoms with Crippen LogP contribution in [0.15, 0.2) is 40.3 Å². The van der Waals surface area contributed by atoms with Crippen molar-refractivity contribution < 1.29 is 15.3 Å². The van der Waals surface area contributed by atoms with Gasteiger partial charge in [-0.05, 0) is 7.05 Å². The maximum Gasteiger partial charge on any atom is 0.154 e. The Hall–Kier alpha value is -2.86. The number of hydrogen-bond acceptors (Lipinski definition) is 6. The van der Waals surface area contributed by atoms with Gasteiger partial charge < -0.3 is 20.2 Å². The van der Waals surface area contributed by atoms with E-state index >= 15 is 0 Å². The fourth-order valence-electron chi connectivity index (χ4n) is 4.14. The van der Waals surface area contributed by atoms with Crippen molar-refractivity contribution in [3.8, 4) is 17.2 Å². The number of aromatic hydroxyl groups is 3. The molecular weight excluding hydrogens is 330 g/mol. The lowest BCUT2D eigenvalue weighted by molar-refractivity contribution is 0.197. The summed E-state index contributed by atoms with van der Waals surface area (Å²) >= 11 is 0. The Morgan fingerprint density at radius 1 is 0.923 bits per heavy atom. The van der Waals surface area contributed by atoms with E-state index in [1.165, 1.54) is 0 Å². The minimum atomic E-state index is -0.538. The molecule has 0 bridgehead atoms. The Labute approximate surface area is 149 Å². The van der Waals surface area contributed by atoms with Gasteiger partial charge in [0, 0.05) is 42.8 Å². The molecule has 0 saturated carbocycles. The maximum absolute atomic E-state index is 10.9. The molecule has 0 aromatic heterocycles. The summed E-state index contributed by atoms with van der Waals surface area (Å²) in [5, 5.41) is 35.0. The topological polar surface area (TPSA) is 88.7 Å². The monoisotopic (exact) mass is 349 g/mol. The second-order valence-electron chi connectivity index (χ2n) is 7.27. The van der Waals surface area contributed by atoms with Gasteiger partial charge in [-0.25, -0.2) is 0 Å². The zero-order chi connectivity index (χ0) is 18.1. The van der Waals surface area contributed by atoms with E-state index < -0.39 is 5.66 Å². The predicted octanol–water partition coefficient (Wildman–Crippen LogP) is 1.78. The molecular formula is C20H19N3O3. The smallest absolute Gasteiger partial charge is 0.154 e. The number of nitrogens with zero attached hydrogens (tertiary/aromatic N) is 3. The van der Waals surface area contributed by atoms with Gasteiger partial charge in [0.05, 0.1) is 21.5 Å². The number of piperidine rings is 1. The second-order valence-corrected chi connectivity index (χ2v) is 7.27. The minimum Gasteiger partial charge on any atom is -0.507 e. The first-order valence-corrected chi connectivity index (χ1v) is 8.76. The molecule has 3 N–H and O–H groups in total. The third-order valence-electron chi connectivity index (χ3n) is 5.61. The van der Waals surface area contributed by atoms with Crippen molar-refractivity contribution >= 4 is 21.5 Å². The molecule has 3 aromatic rings. The van der Waals surface area contributed by atoms with Crippen molar-refractivity contribution in [2.24, 2.45) is 9.98 Å². The van der Waals surface area contributed by atoms with Gasteiger partial charge in [-0.2, -0.15) is 0 Å². The standard InChI is InChI=1S/C20H19N3O3/c1-23-8-6-20(7-9-23)21-13-10-14(24)15-16(17(13)22-20)19(26)12-5-3-2-4-11(12)18(15)25/h2-5,10,24-26H,6-9H2,1H3. The molecule has 2 heterocycles. The summed E-state index contributed by atoms with van der Waals surface area (Å²) in [7, 11) is 2.08. The van der Waals surface area contributed by atoms with Crippen molar-refractivity contribution in [2.45, 2.75) is 18.5 Å². The molecule has 0 amide bonds. The fourth-order valence-corrected chi connectivity index (χ4v) is 4.14. The number of phenolic OH excluding ortho intramolecular Hbond substituents is 3. The second kappa shape index (κ2) is 5.08. The SMILES string of the molecule is CN1CCC2(CC1)N=c1cc(O)c3c(O)c4ccccc4c(O)c3c1=N2. The van der Waals surface area contributed by atoms with Crippen LogP contribution in [-0.4, -0.2) is 46.0 Å². The Morgan fingerprint density at radius 2 is 1.54 bits per heavy atom. The molecule has 0 radical (unpaired) electrons. The lowest BCUT2D eigenvalue weighted by Gasteiger charge is -2.33. The molecule has 0 unspecified atom stereocenters. The summed E-state index contributed by atoms with van der Waals surface area (Å²) in [6.45, 7) is 1.79. The van der Waals surface area contributed by atoms with Crippen LogP contribution >= 0.6 is 0 Å². The van der Waals surface area contributed by atoms with Gasteiger partial charge in [0.2, 0.25) is 0 Å². The predicted molar refractivity (Wildman–Crippen MR) is 98.2 cm³/mol. The normalized spacial score (nSPS) is 18.8.